The molecule has 0 spiro atoms. The van der Waals surface area contributed by atoms with Gasteiger partial charge in [0.2, 0.25) is 0 Å². The molecule has 10 heteroatoms. The van der Waals surface area contributed by atoms with Gasteiger partial charge in [-0.2, -0.15) is 0 Å². The van der Waals surface area contributed by atoms with Crippen LogP contribution in [0.5, 0.6) is 0 Å². The van der Waals surface area contributed by atoms with Crippen LogP contribution < -0.4 is 5.32 Å². The third kappa shape index (κ3) is 5.23. The van der Waals surface area contributed by atoms with Gasteiger partial charge in [0, 0.05) is 0 Å². The number of amides is 1. The number of aliphatic hydroxyl groups is 4. The van der Waals surface area contributed by atoms with Gasteiger partial charge in [-0.05, 0) is 6.92 Å². The van der Waals surface area contributed by atoms with Crippen LogP contribution in [-0.2, 0) is 9.59 Å². The second-order valence-electron chi connectivity index (χ2n) is 3.45. The minimum absolute atomic E-state index is 0.832. The van der Waals surface area contributed by atoms with E-state index in [-0.39, 0.29) is 0 Å². The summed E-state index contributed by atoms with van der Waals surface area (Å²) in [6.45, 7) is 0.965. The fraction of sp³-hybridized carbons (Fsp3) is 0.750. The van der Waals surface area contributed by atoms with Gasteiger partial charge in [0.25, 0.3) is 9.70 Å². The van der Waals surface area contributed by atoms with Gasteiger partial charge in [-0.3, -0.25) is 9.59 Å². The molecule has 1 amide bonds. The minimum Gasteiger partial charge on any atom is -0.387 e. The summed E-state index contributed by atoms with van der Waals surface area (Å²) in [4.78, 5) is 21.9. The van der Waals surface area contributed by atoms with E-state index in [0.29, 0.717) is 0 Å². The predicted octanol–water partition coefficient (Wildman–Crippen LogP) is -1.54. The van der Waals surface area contributed by atoms with Crippen molar-refractivity contribution in [1.29, 1.82) is 0 Å². The van der Waals surface area contributed by atoms with Crippen molar-refractivity contribution in [3.8, 4) is 0 Å². The number of rotatable bonds is 5. The molecule has 106 valence electrons. The summed E-state index contributed by atoms with van der Waals surface area (Å²) in [6.07, 6.45) is -8.00. The van der Waals surface area contributed by atoms with Gasteiger partial charge in [0.1, 0.15) is 18.3 Å². The molecule has 0 aliphatic heterocycles. The van der Waals surface area contributed by atoms with Crippen LogP contribution in [0.4, 0.5) is 0 Å². The number of hydrogen-bond donors (Lipinski definition) is 5. The Morgan fingerprint density at radius 3 is 1.83 bits per heavy atom. The zero-order valence-corrected chi connectivity index (χ0v) is 11.3. The molecule has 0 aromatic rings. The van der Waals surface area contributed by atoms with E-state index in [2.05, 4.69) is 0 Å². The fourth-order valence-corrected chi connectivity index (χ4v) is 1.08. The molecule has 0 saturated heterocycles. The van der Waals surface area contributed by atoms with Crippen LogP contribution in [0.1, 0.15) is 6.92 Å². The van der Waals surface area contributed by atoms with Crippen LogP contribution in [0.25, 0.3) is 0 Å². The molecule has 0 fully saturated rings. The average molecular weight is 325 g/mol. The van der Waals surface area contributed by atoms with Crippen LogP contribution in [0.3, 0.4) is 0 Å². The van der Waals surface area contributed by atoms with Gasteiger partial charge >= 0.3 is 0 Å². The van der Waals surface area contributed by atoms with Crippen molar-refractivity contribution in [3.05, 3.63) is 0 Å². The van der Waals surface area contributed by atoms with E-state index < -0.39 is 40.0 Å². The molecule has 4 atom stereocenters. The zero-order valence-electron chi connectivity index (χ0n) is 9.05. The first-order chi connectivity index (χ1) is 7.98. The number of aliphatic hydroxyl groups excluding tert-OH is 4. The van der Waals surface area contributed by atoms with Crippen molar-refractivity contribution >= 4 is 46.5 Å². The summed E-state index contributed by atoms with van der Waals surface area (Å²) >= 11 is 15.6. The number of Topliss-reactive ketones (excluding diaryl/α,β-unsaturated/α-hetero) is 1. The van der Waals surface area contributed by atoms with Gasteiger partial charge in [0.15, 0.2) is 12.0 Å². The summed E-state index contributed by atoms with van der Waals surface area (Å²) < 4.78 is -2.37. The van der Waals surface area contributed by atoms with Gasteiger partial charge in [-0.1, -0.05) is 34.8 Å². The number of carbonyl (C=O) groups excluding carboxylic acids is 2. The number of nitrogens with one attached hydrogen (secondary N) is 1. The first kappa shape index (κ1) is 17.8. The second-order valence-corrected chi connectivity index (χ2v) is 5.73. The molecule has 0 bridgehead atoms. The standard InChI is InChI=1S/C8H12Cl3NO6/c1-2(13)3(14)4(15)5(16)6(17)12-7(18)8(9,10)11/h3-6,14-17H,1H3,(H,12,18)/t3-,4+,5-,6?/m1/s1. The quantitative estimate of drug-likeness (QED) is 0.308. The van der Waals surface area contributed by atoms with E-state index in [1.807, 2.05) is 0 Å². The van der Waals surface area contributed by atoms with Crippen LogP contribution >= 0.6 is 34.8 Å². The molecule has 0 saturated carbocycles. The third-order valence-corrected chi connectivity index (χ3v) is 2.46. The van der Waals surface area contributed by atoms with Gasteiger partial charge in [0.05, 0.1) is 0 Å². The van der Waals surface area contributed by atoms with Crippen LogP contribution in [-0.4, -0.2) is 60.4 Å². The highest BCUT2D eigenvalue weighted by molar-refractivity contribution is 6.76. The topological polar surface area (TPSA) is 127 Å². The fourth-order valence-electron chi connectivity index (χ4n) is 0.916. The molecule has 0 aliphatic rings. The third-order valence-electron chi connectivity index (χ3n) is 1.95. The van der Waals surface area contributed by atoms with E-state index in [1.54, 1.807) is 5.32 Å². The first-order valence-corrected chi connectivity index (χ1v) is 5.72. The zero-order chi connectivity index (χ0) is 14.7. The highest BCUT2D eigenvalue weighted by Crippen LogP contribution is 2.26. The van der Waals surface area contributed by atoms with Crippen LogP contribution in [0.2, 0.25) is 0 Å². The van der Waals surface area contributed by atoms with Crippen molar-refractivity contribution in [2.45, 2.75) is 35.3 Å². The Kier molecular flexibility index (Phi) is 6.80. The van der Waals surface area contributed by atoms with Crippen molar-refractivity contribution in [3.63, 3.8) is 0 Å². The van der Waals surface area contributed by atoms with E-state index in [1.165, 1.54) is 0 Å². The molecule has 0 heterocycles. The molecule has 1 unspecified atom stereocenters. The lowest BCUT2D eigenvalue weighted by Crippen LogP contribution is -2.54. The van der Waals surface area contributed by atoms with Crippen molar-refractivity contribution < 1.29 is 30.0 Å². The first-order valence-electron chi connectivity index (χ1n) is 4.59. The number of hydrogen-bond acceptors (Lipinski definition) is 6. The Balaban J connectivity index is 4.56. The molecule has 0 rings (SSSR count). The van der Waals surface area contributed by atoms with E-state index in [0.717, 1.165) is 6.92 Å². The minimum atomic E-state index is -2.37. The largest absolute Gasteiger partial charge is 0.387 e. The lowest BCUT2D eigenvalue weighted by molar-refractivity contribution is -0.147. The van der Waals surface area contributed by atoms with E-state index >= 15 is 0 Å². The summed E-state index contributed by atoms with van der Waals surface area (Å²) in [5, 5.41) is 38.8. The molecular weight excluding hydrogens is 312 g/mol. The molecule has 0 aliphatic carbocycles. The van der Waals surface area contributed by atoms with Gasteiger partial charge in [-0.25, -0.2) is 0 Å². The average Bonchev–Trinajstić information content (AvgIpc) is 2.24. The van der Waals surface area contributed by atoms with E-state index in [4.69, 9.17) is 39.9 Å². The monoisotopic (exact) mass is 323 g/mol. The highest BCUT2D eigenvalue weighted by Gasteiger charge is 2.37. The molecule has 18 heavy (non-hydrogen) atoms. The maximum Gasteiger partial charge on any atom is 0.274 e. The molecule has 0 aromatic heterocycles. The smallest absolute Gasteiger partial charge is 0.274 e. The van der Waals surface area contributed by atoms with Crippen LogP contribution in [0, 0.1) is 0 Å². The maximum atomic E-state index is 11.1. The highest BCUT2D eigenvalue weighted by atomic mass is 35.6. The number of ketones is 1. The summed E-state index contributed by atoms with van der Waals surface area (Å²) in [5.74, 6) is -2.08. The molecule has 0 aromatic carbocycles. The Hall–Kier alpha value is -0.150. The lowest BCUT2D eigenvalue weighted by atomic mass is 10.0. The Labute approximate surface area is 117 Å². The predicted molar refractivity (Wildman–Crippen MR) is 63.1 cm³/mol. The van der Waals surface area contributed by atoms with Gasteiger partial charge < -0.3 is 25.7 Å². The lowest BCUT2D eigenvalue weighted by Gasteiger charge is -2.26. The van der Waals surface area contributed by atoms with Crippen molar-refractivity contribution in [2.75, 3.05) is 0 Å². The normalized spacial score (nSPS) is 18.7. The number of alkyl halides is 3. The molecular formula is C8H12Cl3NO6. The Bertz CT molecular complexity index is 320. The summed E-state index contributed by atoms with van der Waals surface area (Å²) in [7, 11) is 0. The SMILES string of the molecule is CC(=O)[C@@H](O)[C@H](O)[C@@H](O)C(O)NC(=O)C(Cl)(Cl)Cl. The molecule has 0 radical (unpaired) electrons. The summed E-state index contributed by atoms with van der Waals surface area (Å²) in [5.41, 5.74) is 0. The van der Waals surface area contributed by atoms with Gasteiger partial charge in [-0.15, -0.1) is 0 Å². The molecule has 7 nitrogen and oxygen atoms in total. The number of halogens is 3. The summed E-state index contributed by atoms with van der Waals surface area (Å²) in [6, 6.07) is 0. The Morgan fingerprint density at radius 2 is 1.50 bits per heavy atom. The second kappa shape index (κ2) is 6.85. The van der Waals surface area contributed by atoms with Crippen LogP contribution in [0.15, 0.2) is 0 Å². The maximum absolute atomic E-state index is 11.1. The van der Waals surface area contributed by atoms with Crippen molar-refractivity contribution in [2.24, 2.45) is 0 Å². The van der Waals surface area contributed by atoms with E-state index in [9.17, 15) is 24.9 Å². The number of carbonyl (C=O) groups is 2. The van der Waals surface area contributed by atoms with Crippen molar-refractivity contribution in [1.82, 2.24) is 5.32 Å². The Morgan fingerprint density at radius 1 is 1.06 bits per heavy atom. The molecule has 5 N–H and O–H groups in total.